The van der Waals surface area contributed by atoms with Crippen LogP contribution in [0.1, 0.15) is 17.5 Å². The molecule has 1 atom stereocenters. The van der Waals surface area contributed by atoms with Gasteiger partial charge in [0.1, 0.15) is 0 Å². The van der Waals surface area contributed by atoms with Crippen LogP contribution in [0.2, 0.25) is 0 Å². The van der Waals surface area contributed by atoms with Crippen LogP contribution in [-0.4, -0.2) is 57.8 Å². The number of sulfone groups is 1. The molecule has 2 heterocycles. The summed E-state index contributed by atoms with van der Waals surface area (Å²) in [5, 5.41) is 14.9. The zero-order chi connectivity index (χ0) is 18.0. The number of nitrogens with one attached hydrogen (secondary N) is 1. The van der Waals surface area contributed by atoms with E-state index in [2.05, 4.69) is 20.8 Å². The number of hydrogen-bond donors (Lipinski definition) is 1. The van der Waals surface area contributed by atoms with E-state index in [1.54, 1.807) is 4.68 Å². The summed E-state index contributed by atoms with van der Waals surface area (Å²) in [6, 6.07) is 5.66. The molecule has 1 aromatic carbocycles. The largest absolute Gasteiger partial charge is 0.352 e. The Kier molecular flexibility index (Phi) is 5.09. The van der Waals surface area contributed by atoms with Gasteiger partial charge in [0, 0.05) is 6.04 Å². The van der Waals surface area contributed by atoms with Gasteiger partial charge in [0.25, 0.3) is 0 Å². The fourth-order valence-electron chi connectivity index (χ4n) is 2.77. The van der Waals surface area contributed by atoms with Crippen LogP contribution in [-0.2, 0) is 14.6 Å². The molecule has 1 N–H and O–H groups in total. The Morgan fingerprint density at radius 1 is 1.40 bits per heavy atom. The molecular formula is C15H19N5O3S2. The predicted molar refractivity (Wildman–Crippen MR) is 94.6 cm³/mol. The maximum atomic E-state index is 12.1. The molecule has 10 heteroatoms. The molecule has 1 amide bonds. The number of thioether (sulfide) groups is 1. The molecule has 0 spiro atoms. The molecule has 3 rings (SSSR count). The van der Waals surface area contributed by atoms with Crippen LogP contribution in [0.4, 0.5) is 0 Å². The Bertz CT molecular complexity index is 894. The van der Waals surface area contributed by atoms with Crippen LogP contribution in [0.5, 0.6) is 0 Å². The summed E-state index contributed by atoms with van der Waals surface area (Å²) in [7, 11) is -3.01. The van der Waals surface area contributed by atoms with Crippen LogP contribution in [0, 0.1) is 13.8 Å². The first-order valence-corrected chi connectivity index (χ1v) is 10.6. The van der Waals surface area contributed by atoms with Crippen molar-refractivity contribution in [3.63, 3.8) is 0 Å². The van der Waals surface area contributed by atoms with E-state index in [1.165, 1.54) is 11.8 Å². The van der Waals surface area contributed by atoms with Crippen molar-refractivity contribution in [3.8, 4) is 5.69 Å². The number of nitrogens with zero attached hydrogens (tertiary/aromatic N) is 4. The van der Waals surface area contributed by atoms with Gasteiger partial charge in [-0.05, 0) is 42.3 Å². The third-order valence-electron chi connectivity index (χ3n) is 3.95. The van der Waals surface area contributed by atoms with E-state index in [-0.39, 0.29) is 29.2 Å². The molecule has 0 radical (unpaired) electrons. The van der Waals surface area contributed by atoms with Crippen molar-refractivity contribution in [1.29, 1.82) is 0 Å². The molecule has 0 aliphatic carbocycles. The number of aromatic nitrogens is 4. The molecule has 8 nitrogen and oxygen atoms in total. The molecule has 0 saturated carbocycles. The maximum absolute atomic E-state index is 12.1. The molecule has 25 heavy (non-hydrogen) atoms. The summed E-state index contributed by atoms with van der Waals surface area (Å²) in [4.78, 5) is 12.1. The van der Waals surface area contributed by atoms with Crippen LogP contribution < -0.4 is 5.32 Å². The van der Waals surface area contributed by atoms with Crippen LogP contribution in [0.15, 0.2) is 23.4 Å². The second kappa shape index (κ2) is 7.12. The first-order chi connectivity index (χ1) is 11.8. The van der Waals surface area contributed by atoms with Gasteiger partial charge in [-0.2, -0.15) is 4.68 Å². The van der Waals surface area contributed by atoms with Gasteiger partial charge < -0.3 is 5.32 Å². The van der Waals surface area contributed by atoms with Crippen molar-refractivity contribution in [3.05, 3.63) is 29.3 Å². The van der Waals surface area contributed by atoms with E-state index in [1.807, 2.05) is 32.0 Å². The normalized spacial score (nSPS) is 19.0. The molecule has 0 unspecified atom stereocenters. The van der Waals surface area contributed by atoms with E-state index >= 15 is 0 Å². The Morgan fingerprint density at radius 3 is 2.88 bits per heavy atom. The van der Waals surface area contributed by atoms with Gasteiger partial charge >= 0.3 is 0 Å². The lowest BCUT2D eigenvalue weighted by atomic mass is 10.1. The maximum Gasteiger partial charge on any atom is 0.230 e. The minimum absolute atomic E-state index is 0.0176. The molecule has 1 aliphatic heterocycles. The topological polar surface area (TPSA) is 107 Å². The predicted octanol–water partition coefficient (Wildman–Crippen LogP) is 0.675. The molecule has 134 valence electrons. The minimum atomic E-state index is -3.01. The van der Waals surface area contributed by atoms with Crippen molar-refractivity contribution < 1.29 is 13.2 Å². The van der Waals surface area contributed by atoms with Gasteiger partial charge in [-0.15, -0.1) is 5.10 Å². The second-order valence-corrected chi connectivity index (χ2v) is 9.29. The van der Waals surface area contributed by atoms with Gasteiger partial charge in [-0.3, -0.25) is 4.79 Å². The third-order valence-corrected chi connectivity index (χ3v) is 6.64. The van der Waals surface area contributed by atoms with Crippen molar-refractivity contribution in [1.82, 2.24) is 25.5 Å². The zero-order valence-corrected chi connectivity index (χ0v) is 15.6. The van der Waals surface area contributed by atoms with Crippen LogP contribution in [0.25, 0.3) is 5.69 Å². The van der Waals surface area contributed by atoms with Crippen molar-refractivity contribution in [2.24, 2.45) is 0 Å². The summed E-state index contributed by atoms with van der Waals surface area (Å²) in [5.41, 5.74) is 3.05. The Morgan fingerprint density at radius 2 is 2.20 bits per heavy atom. The fourth-order valence-corrected chi connectivity index (χ4v) is 5.14. The lowest BCUT2D eigenvalue weighted by molar-refractivity contribution is -0.119. The highest BCUT2D eigenvalue weighted by molar-refractivity contribution is 7.99. The fraction of sp³-hybridized carbons (Fsp3) is 0.467. The van der Waals surface area contributed by atoms with Crippen molar-refractivity contribution in [2.75, 3.05) is 17.3 Å². The first kappa shape index (κ1) is 17.9. The molecule has 2 aromatic rings. The lowest BCUT2D eigenvalue weighted by Gasteiger charge is -2.11. The van der Waals surface area contributed by atoms with Gasteiger partial charge in [-0.25, -0.2) is 8.42 Å². The number of benzene rings is 1. The van der Waals surface area contributed by atoms with Crippen molar-refractivity contribution in [2.45, 2.75) is 31.5 Å². The molecule has 1 fully saturated rings. The summed E-state index contributed by atoms with van der Waals surface area (Å²) in [6.07, 6.45) is 0.471. The summed E-state index contributed by atoms with van der Waals surface area (Å²) >= 11 is 1.22. The smallest absolute Gasteiger partial charge is 0.230 e. The van der Waals surface area contributed by atoms with Gasteiger partial charge in [-0.1, -0.05) is 29.5 Å². The van der Waals surface area contributed by atoms with Crippen LogP contribution in [0.3, 0.4) is 0 Å². The quantitative estimate of drug-likeness (QED) is 0.759. The van der Waals surface area contributed by atoms with E-state index in [4.69, 9.17) is 0 Å². The summed E-state index contributed by atoms with van der Waals surface area (Å²) in [5.74, 6) is 0.0592. The first-order valence-electron chi connectivity index (χ1n) is 7.83. The second-order valence-electron chi connectivity index (χ2n) is 6.12. The highest BCUT2D eigenvalue weighted by Gasteiger charge is 2.28. The number of carbonyl (C=O) groups is 1. The number of tetrazole rings is 1. The molecular weight excluding hydrogens is 362 g/mol. The third kappa shape index (κ3) is 4.37. The van der Waals surface area contributed by atoms with E-state index in [0.717, 1.165) is 16.8 Å². The standard InChI is InChI=1S/C15H19N5O3S2/c1-10-3-4-13(11(2)7-10)20-15(17-18-19-20)24-8-14(21)16-12-5-6-25(22,23)9-12/h3-4,7,12H,5-6,8-9H2,1-2H3,(H,16,21)/t12-/m1/s1. The van der Waals surface area contributed by atoms with Crippen LogP contribution >= 0.6 is 11.8 Å². The van der Waals surface area contributed by atoms with E-state index in [9.17, 15) is 13.2 Å². The number of hydrogen-bond acceptors (Lipinski definition) is 7. The van der Waals surface area contributed by atoms with Crippen molar-refractivity contribution >= 4 is 27.5 Å². The average Bonchev–Trinajstić information content (AvgIpc) is 3.11. The van der Waals surface area contributed by atoms with E-state index in [0.29, 0.717) is 11.6 Å². The van der Waals surface area contributed by atoms with Gasteiger partial charge in [0.2, 0.25) is 11.1 Å². The molecule has 1 aromatic heterocycles. The molecule has 0 bridgehead atoms. The van der Waals surface area contributed by atoms with Gasteiger partial charge in [0.15, 0.2) is 9.84 Å². The Labute approximate surface area is 150 Å². The van der Waals surface area contributed by atoms with Gasteiger partial charge in [0.05, 0.1) is 22.9 Å². The Balaban J connectivity index is 1.63. The number of rotatable bonds is 5. The van der Waals surface area contributed by atoms with E-state index < -0.39 is 9.84 Å². The lowest BCUT2D eigenvalue weighted by Crippen LogP contribution is -2.36. The molecule has 1 aliphatic rings. The number of amides is 1. The average molecular weight is 381 g/mol. The summed E-state index contributed by atoms with van der Waals surface area (Å²) < 4.78 is 24.5. The monoisotopic (exact) mass is 381 g/mol. The zero-order valence-electron chi connectivity index (χ0n) is 14.0. The minimum Gasteiger partial charge on any atom is -0.352 e. The highest BCUT2D eigenvalue weighted by atomic mass is 32.2. The Hall–Kier alpha value is -1.94. The molecule has 1 saturated heterocycles. The summed E-state index contributed by atoms with van der Waals surface area (Å²) in [6.45, 7) is 3.99. The number of aryl methyl sites for hydroxylation is 2. The highest BCUT2D eigenvalue weighted by Crippen LogP contribution is 2.21. The number of carbonyl (C=O) groups excluding carboxylic acids is 1. The SMILES string of the molecule is Cc1ccc(-n2nnnc2SCC(=O)N[C@@H]2CCS(=O)(=O)C2)c(C)c1.